The normalized spacial score (nSPS) is 11.2. The fourth-order valence-electron chi connectivity index (χ4n) is 0.947. The molecule has 0 aliphatic rings. The van der Waals surface area contributed by atoms with Gasteiger partial charge in [0.25, 0.3) is 0 Å². The van der Waals surface area contributed by atoms with Crippen LogP contribution in [0.1, 0.15) is 15.9 Å². The molecule has 1 rings (SSSR count). The second-order valence-corrected chi connectivity index (χ2v) is 2.34. The molecule has 0 unspecified atom stereocenters. The quantitative estimate of drug-likeness (QED) is 0.267. The minimum atomic E-state index is -1.11. The Balaban J connectivity index is 3.28. The Morgan fingerprint density at radius 2 is 1.85 bits per heavy atom. The molecule has 0 atom stereocenters. The van der Waals surface area contributed by atoms with Crippen LogP contribution in [-0.2, 0) is 0 Å². The number of rotatable bonds is 2. The lowest BCUT2D eigenvalue weighted by atomic mass is 10.1. The third-order valence-electron chi connectivity index (χ3n) is 1.54. The van der Waals surface area contributed by atoms with Crippen LogP contribution in [0.15, 0.2) is 29.4 Å². The third-order valence-corrected chi connectivity index (χ3v) is 1.54. The van der Waals surface area contributed by atoms with Gasteiger partial charge in [-0.1, -0.05) is 23.4 Å². The third kappa shape index (κ3) is 1.76. The molecule has 0 aromatic heterocycles. The van der Waals surface area contributed by atoms with Crippen molar-refractivity contribution in [2.75, 3.05) is 0 Å². The molecule has 0 radical (unpaired) electrons. The largest absolute Gasteiger partial charge is 0.478 e. The van der Waals surface area contributed by atoms with Crippen molar-refractivity contribution in [1.82, 2.24) is 0 Å². The average molecular weight is 180 g/mol. The van der Waals surface area contributed by atoms with Crippen LogP contribution in [0, 0.1) is 0 Å². The molecular formula is C8H8N2O3. The molecule has 0 aliphatic heterocycles. The van der Waals surface area contributed by atoms with Gasteiger partial charge in [0.15, 0.2) is 5.84 Å². The summed E-state index contributed by atoms with van der Waals surface area (Å²) >= 11 is 0. The first-order valence-corrected chi connectivity index (χ1v) is 3.47. The smallest absolute Gasteiger partial charge is 0.336 e. The molecule has 0 saturated heterocycles. The molecule has 13 heavy (non-hydrogen) atoms. The summed E-state index contributed by atoms with van der Waals surface area (Å²) in [5.41, 5.74) is 5.49. The van der Waals surface area contributed by atoms with E-state index in [2.05, 4.69) is 5.16 Å². The minimum absolute atomic E-state index is 0.0119. The Labute approximate surface area is 74.1 Å². The predicted molar refractivity (Wildman–Crippen MR) is 45.9 cm³/mol. The Morgan fingerprint density at radius 3 is 2.31 bits per heavy atom. The number of carboxylic acid groups (broad SMARTS) is 1. The number of nitrogens with zero attached hydrogens (tertiary/aromatic N) is 1. The Morgan fingerprint density at radius 1 is 1.31 bits per heavy atom. The zero-order valence-corrected chi connectivity index (χ0v) is 6.64. The minimum Gasteiger partial charge on any atom is -0.478 e. The molecule has 0 saturated carbocycles. The summed E-state index contributed by atoms with van der Waals surface area (Å²) in [6.07, 6.45) is 0. The zero-order valence-electron chi connectivity index (χ0n) is 6.64. The highest BCUT2D eigenvalue weighted by Crippen LogP contribution is 2.07. The van der Waals surface area contributed by atoms with Gasteiger partial charge in [0.1, 0.15) is 0 Å². The lowest BCUT2D eigenvalue weighted by molar-refractivity contribution is 0.0696. The van der Waals surface area contributed by atoms with E-state index in [0.29, 0.717) is 0 Å². The first kappa shape index (κ1) is 9.05. The van der Waals surface area contributed by atoms with E-state index < -0.39 is 5.97 Å². The van der Waals surface area contributed by atoms with Crippen LogP contribution < -0.4 is 5.73 Å². The van der Waals surface area contributed by atoms with Gasteiger partial charge in [-0.3, -0.25) is 0 Å². The molecule has 5 heteroatoms. The first-order valence-electron chi connectivity index (χ1n) is 3.47. The van der Waals surface area contributed by atoms with Crippen molar-refractivity contribution >= 4 is 11.8 Å². The van der Waals surface area contributed by atoms with Crippen molar-refractivity contribution in [2.24, 2.45) is 10.9 Å². The number of nitrogens with two attached hydrogens (primary N) is 1. The zero-order chi connectivity index (χ0) is 9.84. The number of carbonyl (C=O) groups is 1. The van der Waals surface area contributed by atoms with Crippen LogP contribution in [-0.4, -0.2) is 22.1 Å². The summed E-state index contributed by atoms with van der Waals surface area (Å²) in [6, 6.07) is 6.03. The van der Waals surface area contributed by atoms with E-state index >= 15 is 0 Å². The van der Waals surface area contributed by atoms with Gasteiger partial charge in [-0.15, -0.1) is 0 Å². The van der Waals surface area contributed by atoms with Crippen LogP contribution in [0.4, 0.5) is 0 Å². The van der Waals surface area contributed by atoms with Crippen LogP contribution in [0.3, 0.4) is 0 Å². The molecule has 5 nitrogen and oxygen atoms in total. The molecule has 1 aromatic rings. The molecule has 0 heterocycles. The van der Waals surface area contributed by atoms with Gasteiger partial charge in [0, 0.05) is 5.56 Å². The fraction of sp³-hybridized carbons (Fsp3) is 0. The van der Waals surface area contributed by atoms with Crippen molar-refractivity contribution in [2.45, 2.75) is 0 Å². The lowest BCUT2D eigenvalue weighted by Gasteiger charge is -2.02. The molecule has 68 valence electrons. The Hall–Kier alpha value is -2.04. The summed E-state index contributed by atoms with van der Waals surface area (Å²) in [7, 11) is 0. The predicted octanol–water partition coefficient (Wildman–Crippen LogP) is 0.479. The summed E-state index contributed by atoms with van der Waals surface area (Å²) in [5, 5.41) is 19.8. The van der Waals surface area contributed by atoms with Crippen molar-refractivity contribution in [3.05, 3.63) is 35.4 Å². The lowest BCUT2D eigenvalue weighted by Crippen LogP contribution is -2.17. The fourth-order valence-corrected chi connectivity index (χ4v) is 0.947. The number of amidine groups is 1. The maximum atomic E-state index is 10.6. The topological polar surface area (TPSA) is 95.9 Å². The van der Waals surface area contributed by atoms with Gasteiger partial charge >= 0.3 is 5.97 Å². The van der Waals surface area contributed by atoms with Gasteiger partial charge in [0.05, 0.1) is 5.56 Å². The SMILES string of the molecule is N/C(=N\O)c1ccccc1C(=O)O. The van der Waals surface area contributed by atoms with Crippen LogP contribution >= 0.6 is 0 Å². The van der Waals surface area contributed by atoms with E-state index in [1.165, 1.54) is 12.1 Å². The van der Waals surface area contributed by atoms with E-state index in [9.17, 15) is 4.79 Å². The second kappa shape index (κ2) is 3.57. The van der Waals surface area contributed by atoms with E-state index in [1.807, 2.05) is 0 Å². The van der Waals surface area contributed by atoms with Gasteiger partial charge in [0.2, 0.25) is 0 Å². The van der Waals surface area contributed by atoms with Gasteiger partial charge in [-0.25, -0.2) is 4.79 Å². The standard InChI is InChI=1S/C8H8N2O3/c9-7(10-13)5-3-1-2-4-6(5)8(11)12/h1-4,13H,(H2,9,10)(H,11,12). The first-order chi connectivity index (χ1) is 6.16. The van der Waals surface area contributed by atoms with Crippen molar-refractivity contribution < 1.29 is 15.1 Å². The van der Waals surface area contributed by atoms with Crippen LogP contribution in [0.5, 0.6) is 0 Å². The molecule has 4 N–H and O–H groups in total. The molecule has 0 amide bonds. The van der Waals surface area contributed by atoms with Crippen LogP contribution in [0.2, 0.25) is 0 Å². The highest BCUT2D eigenvalue weighted by Gasteiger charge is 2.11. The van der Waals surface area contributed by atoms with E-state index in [0.717, 1.165) is 0 Å². The molecular weight excluding hydrogens is 172 g/mol. The Bertz CT molecular complexity index is 360. The maximum Gasteiger partial charge on any atom is 0.336 e. The molecule has 0 spiro atoms. The summed E-state index contributed by atoms with van der Waals surface area (Å²) in [4.78, 5) is 10.6. The number of benzene rings is 1. The second-order valence-electron chi connectivity index (χ2n) is 2.34. The van der Waals surface area contributed by atoms with E-state index in [1.54, 1.807) is 12.1 Å². The van der Waals surface area contributed by atoms with Gasteiger partial charge < -0.3 is 16.0 Å². The monoisotopic (exact) mass is 180 g/mol. The van der Waals surface area contributed by atoms with E-state index in [-0.39, 0.29) is 17.0 Å². The molecule has 1 aromatic carbocycles. The summed E-state index contributed by atoms with van der Waals surface area (Å²) in [6.45, 7) is 0. The number of hydrogen-bond donors (Lipinski definition) is 3. The van der Waals surface area contributed by atoms with Crippen molar-refractivity contribution in [3.8, 4) is 0 Å². The average Bonchev–Trinajstić information content (AvgIpc) is 2.16. The molecule has 0 bridgehead atoms. The highest BCUT2D eigenvalue weighted by molar-refractivity contribution is 6.06. The Kier molecular flexibility index (Phi) is 2.49. The summed E-state index contributed by atoms with van der Waals surface area (Å²) < 4.78 is 0. The molecule has 0 aliphatic carbocycles. The highest BCUT2D eigenvalue weighted by atomic mass is 16.4. The number of carboxylic acids is 1. The van der Waals surface area contributed by atoms with Crippen molar-refractivity contribution in [3.63, 3.8) is 0 Å². The number of oxime groups is 1. The van der Waals surface area contributed by atoms with E-state index in [4.69, 9.17) is 16.0 Å². The number of aromatic carboxylic acids is 1. The van der Waals surface area contributed by atoms with Gasteiger partial charge in [-0.05, 0) is 6.07 Å². The van der Waals surface area contributed by atoms with Crippen molar-refractivity contribution in [1.29, 1.82) is 0 Å². The van der Waals surface area contributed by atoms with Crippen LogP contribution in [0.25, 0.3) is 0 Å². The summed E-state index contributed by atoms with van der Waals surface area (Å²) in [5.74, 6) is -1.32. The van der Waals surface area contributed by atoms with Gasteiger partial charge in [-0.2, -0.15) is 0 Å². The molecule has 0 fully saturated rings. The maximum absolute atomic E-state index is 10.6. The number of hydrogen-bond acceptors (Lipinski definition) is 3.